The number of rotatable bonds is 4. The summed E-state index contributed by atoms with van der Waals surface area (Å²) in [6.07, 6.45) is 3.92. The molecule has 1 aliphatic carbocycles. The number of aromatic carboxylic acids is 1. The number of anilines is 1. The molecule has 1 aromatic carbocycles. The van der Waals surface area contributed by atoms with Crippen LogP contribution >= 0.6 is 0 Å². The lowest BCUT2D eigenvalue weighted by molar-refractivity contribution is 0.0692. The van der Waals surface area contributed by atoms with Crippen molar-refractivity contribution < 1.29 is 18.7 Å². The Morgan fingerprint density at radius 2 is 2.00 bits per heavy atom. The first-order chi connectivity index (χ1) is 9.52. The lowest BCUT2D eigenvalue weighted by Gasteiger charge is -2.32. The zero-order chi connectivity index (χ0) is 14.7. The molecule has 1 saturated carbocycles. The summed E-state index contributed by atoms with van der Waals surface area (Å²) in [6.45, 7) is 0.492. The standard InChI is InChI=1S/C14H18F2N2O2/c15-10-6-11(16)13(5-9(10)14(19)20)18-12-4-2-1-3-8(12)7-17/h5-6,8,12,18H,1-4,7,17H2,(H,19,20). The van der Waals surface area contributed by atoms with Crippen molar-refractivity contribution in [2.75, 3.05) is 11.9 Å². The Kier molecular flexibility index (Phi) is 4.54. The van der Waals surface area contributed by atoms with E-state index in [-0.39, 0.29) is 17.6 Å². The molecule has 0 aromatic heterocycles. The fourth-order valence-electron chi connectivity index (χ4n) is 2.70. The summed E-state index contributed by atoms with van der Waals surface area (Å²) in [7, 11) is 0. The fourth-order valence-corrected chi connectivity index (χ4v) is 2.70. The van der Waals surface area contributed by atoms with E-state index >= 15 is 0 Å². The Morgan fingerprint density at radius 1 is 1.30 bits per heavy atom. The number of nitrogens with two attached hydrogens (primary N) is 1. The molecule has 110 valence electrons. The van der Waals surface area contributed by atoms with Gasteiger partial charge in [0, 0.05) is 12.1 Å². The number of nitrogens with one attached hydrogen (secondary N) is 1. The van der Waals surface area contributed by atoms with Gasteiger partial charge >= 0.3 is 5.97 Å². The number of carboxylic acid groups (broad SMARTS) is 1. The van der Waals surface area contributed by atoms with Crippen molar-refractivity contribution >= 4 is 11.7 Å². The van der Waals surface area contributed by atoms with Crippen LogP contribution < -0.4 is 11.1 Å². The van der Waals surface area contributed by atoms with Gasteiger partial charge in [-0.15, -0.1) is 0 Å². The molecule has 6 heteroatoms. The molecule has 1 aliphatic rings. The summed E-state index contributed by atoms with van der Waals surface area (Å²) >= 11 is 0. The van der Waals surface area contributed by atoms with E-state index in [1.54, 1.807) is 0 Å². The van der Waals surface area contributed by atoms with Gasteiger partial charge in [0.05, 0.1) is 11.3 Å². The van der Waals surface area contributed by atoms with E-state index in [2.05, 4.69) is 5.32 Å². The topological polar surface area (TPSA) is 75.3 Å². The average Bonchev–Trinajstić information content (AvgIpc) is 2.42. The summed E-state index contributed by atoms with van der Waals surface area (Å²) < 4.78 is 27.1. The van der Waals surface area contributed by atoms with E-state index in [9.17, 15) is 13.6 Å². The van der Waals surface area contributed by atoms with Crippen LogP contribution in [-0.2, 0) is 0 Å². The molecule has 0 saturated heterocycles. The molecule has 2 atom stereocenters. The molecule has 0 amide bonds. The molecular weight excluding hydrogens is 266 g/mol. The van der Waals surface area contributed by atoms with Crippen molar-refractivity contribution in [3.8, 4) is 0 Å². The molecular formula is C14H18F2N2O2. The van der Waals surface area contributed by atoms with E-state index in [1.807, 2.05) is 0 Å². The molecule has 1 fully saturated rings. The van der Waals surface area contributed by atoms with Crippen LogP contribution in [0.25, 0.3) is 0 Å². The first-order valence-electron chi connectivity index (χ1n) is 6.72. The van der Waals surface area contributed by atoms with Gasteiger partial charge in [-0.25, -0.2) is 13.6 Å². The summed E-state index contributed by atoms with van der Waals surface area (Å²) in [6, 6.07) is 1.61. The van der Waals surface area contributed by atoms with Gasteiger partial charge in [-0.3, -0.25) is 0 Å². The fraction of sp³-hybridized carbons (Fsp3) is 0.500. The molecule has 20 heavy (non-hydrogen) atoms. The van der Waals surface area contributed by atoms with Crippen LogP contribution in [0.4, 0.5) is 14.5 Å². The third-order valence-corrected chi connectivity index (χ3v) is 3.84. The van der Waals surface area contributed by atoms with Crippen LogP contribution in [0, 0.1) is 17.6 Å². The SMILES string of the molecule is NCC1CCCCC1Nc1cc(C(=O)O)c(F)cc1F. The lowest BCUT2D eigenvalue weighted by Crippen LogP contribution is -2.37. The number of benzene rings is 1. The average molecular weight is 284 g/mol. The number of hydrogen-bond donors (Lipinski definition) is 3. The van der Waals surface area contributed by atoms with Gasteiger partial charge < -0.3 is 16.2 Å². The highest BCUT2D eigenvalue weighted by atomic mass is 19.1. The predicted octanol–water partition coefficient (Wildman–Crippen LogP) is 2.59. The van der Waals surface area contributed by atoms with Crippen LogP contribution in [0.2, 0.25) is 0 Å². The molecule has 0 heterocycles. The van der Waals surface area contributed by atoms with Gasteiger partial charge in [0.2, 0.25) is 0 Å². The summed E-state index contributed by atoms with van der Waals surface area (Å²) in [5.41, 5.74) is 5.19. The first kappa shape index (κ1) is 14.7. The monoisotopic (exact) mass is 284 g/mol. The highest BCUT2D eigenvalue weighted by Gasteiger charge is 2.25. The Morgan fingerprint density at radius 3 is 2.65 bits per heavy atom. The van der Waals surface area contributed by atoms with Crippen LogP contribution in [0.1, 0.15) is 36.0 Å². The molecule has 1 aromatic rings. The van der Waals surface area contributed by atoms with Crippen molar-refractivity contribution in [3.05, 3.63) is 29.3 Å². The van der Waals surface area contributed by atoms with Crippen LogP contribution in [0.3, 0.4) is 0 Å². The highest BCUT2D eigenvalue weighted by molar-refractivity contribution is 5.89. The number of halogens is 2. The largest absolute Gasteiger partial charge is 0.478 e. The molecule has 2 rings (SSSR count). The number of hydrogen-bond acceptors (Lipinski definition) is 3. The Hall–Kier alpha value is -1.69. The van der Waals surface area contributed by atoms with Gasteiger partial charge in [0.15, 0.2) is 0 Å². The minimum absolute atomic E-state index is 0.00430. The highest BCUT2D eigenvalue weighted by Crippen LogP contribution is 2.28. The van der Waals surface area contributed by atoms with Crippen molar-refractivity contribution in [2.45, 2.75) is 31.7 Å². The quantitative estimate of drug-likeness (QED) is 0.794. The smallest absolute Gasteiger partial charge is 0.338 e. The zero-order valence-corrected chi connectivity index (χ0v) is 11.0. The van der Waals surface area contributed by atoms with Crippen molar-refractivity contribution in [2.24, 2.45) is 11.7 Å². The van der Waals surface area contributed by atoms with E-state index in [4.69, 9.17) is 10.8 Å². The minimum atomic E-state index is -1.41. The number of carbonyl (C=O) groups is 1. The van der Waals surface area contributed by atoms with Crippen LogP contribution in [-0.4, -0.2) is 23.7 Å². The van der Waals surface area contributed by atoms with Gasteiger partial charge in [-0.1, -0.05) is 12.8 Å². The summed E-state index contributed by atoms with van der Waals surface area (Å²) in [4.78, 5) is 10.9. The third-order valence-electron chi connectivity index (χ3n) is 3.84. The third kappa shape index (κ3) is 3.07. The van der Waals surface area contributed by atoms with Crippen molar-refractivity contribution in [1.29, 1.82) is 0 Å². The van der Waals surface area contributed by atoms with Gasteiger partial charge in [0.25, 0.3) is 0 Å². The Bertz CT molecular complexity index is 508. The molecule has 2 unspecified atom stereocenters. The predicted molar refractivity (Wildman–Crippen MR) is 71.7 cm³/mol. The second-order valence-electron chi connectivity index (χ2n) is 5.15. The van der Waals surface area contributed by atoms with E-state index in [0.717, 1.165) is 31.7 Å². The first-order valence-corrected chi connectivity index (χ1v) is 6.72. The van der Waals surface area contributed by atoms with E-state index in [1.165, 1.54) is 0 Å². The zero-order valence-electron chi connectivity index (χ0n) is 11.0. The maximum Gasteiger partial charge on any atom is 0.338 e. The van der Waals surface area contributed by atoms with Gasteiger partial charge in [-0.05, 0) is 31.4 Å². The van der Waals surface area contributed by atoms with Crippen molar-refractivity contribution in [1.82, 2.24) is 0 Å². The summed E-state index contributed by atoms with van der Waals surface area (Å²) in [5.74, 6) is -3.04. The molecule has 0 spiro atoms. The normalized spacial score (nSPS) is 22.6. The van der Waals surface area contributed by atoms with Crippen LogP contribution in [0.15, 0.2) is 12.1 Å². The molecule has 0 bridgehead atoms. The second-order valence-corrected chi connectivity index (χ2v) is 5.15. The Balaban J connectivity index is 2.23. The minimum Gasteiger partial charge on any atom is -0.478 e. The molecule has 4 nitrogen and oxygen atoms in total. The van der Waals surface area contributed by atoms with E-state index in [0.29, 0.717) is 12.6 Å². The van der Waals surface area contributed by atoms with Crippen molar-refractivity contribution in [3.63, 3.8) is 0 Å². The maximum absolute atomic E-state index is 13.8. The molecule has 0 radical (unpaired) electrons. The lowest BCUT2D eigenvalue weighted by atomic mass is 9.84. The summed E-state index contributed by atoms with van der Waals surface area (Å²) in [5, 5.41) is 11.9. The Labute approximate surface area is 116 Å². The van der Waals surface area contributed by atoms with E-state index < -0.39 is 23.2 Å². The van der Waals surface area contributed by atoms with Gasteiger partial charge in [0.1, 0.15) is 11.6 Å². The van der Waals surface area contributed by atoms with Crippen LogP contribution in [0.5, 0.6) is 0 Å². The molecule has 0 aliphatic heterocycles. The van der Waals surface area contributed by atoms with Gasteiger partial charge in [-0.2, -0.15) is 0 Å². The maximum atomic E-state index is 13.8. The molecule has 4 N–H and O–H groups in total. The second kappa shape index (κ2) is 6.17. The number of carboxylic acids is 1.